The van der Waals surface area contributed by atoms with Crippen LogP contribution in [0, 0.1) is 16.7 Å². The van der Waals surface area contributed by atoms with Crippen LogP contribution < -0.4 is 0 Å². The molecule has 13 heavy (non-hydrogen) atoms. The number of carbonyl (C=O) groups is 1. The predicted octanol–water partition coefficient (Wildman–Crippen LogP) is 3.15. The summed E-state index contributed by atoms with van der Waals surface area (Å²) in [5.74, 6) is 0.961. The molecule has 0 aromatic carbocycles. The van der Waals surface area contributed by atoms with Crippen molar-refractivity contribution in [2.75, 3.05) is 5.33 Å². The van der Waals surface area contributed by atoms with Gasteiger partial charge in [0.1, 0.15) is 0 Å². The molecule has 0 saturated heterocycles. The Hall–Kier alpha value is 0.630. The van der Waals surface area contributed by atoms with Gasteiger partial charge in [0, 0.05) is 10.7 Å². The minimum absolute atomic E-state index is 0.0914. The van der Waals surface area contributed by atoms with E-state index in [1.807, 2.05) is 0 Å². The molecule has 3 atom stereocenters. The average Bonchev–Trinajstić information content (AvgIpc) is 2.41. The third-order valence-electron chi connectivity index (χ3n) is 4.35. The fourth-order valence-electron chi connectivity index (χ4n) is 3.14. The Morgan fingerprint density at radius 1 is 1.54 bits per heavy atom. The second kappa shape index (κ2) is 2.82. The topological polar surface area (TPSA) is 17.1 Å². The van der Waals surface area contributed by atoms with Gasteiger partial charge in [0.05, 0.1) is 4.83 Å². The van der Waals surface area contributed by atoms with Crippen molar-refractivity contribution >= 4 is 37.6 Å². The van der Waals surface area contributed by atoms with Gasteiger partial charge in [-0.1, -0.05) is 45.7 Å². The molecule has 1 nitrogen and oxygen atoms in total. The first-order valence-corrected chi connectivity index (χ1v) is 6.75. The monoisotopic (exact) mass is 308 g/mol. The van der Waals surface area contributed by atoms with Gasteiger partial charge in [0.15, 0.2) is 5.78 Å². The summed E-state index contributed by atoms with van der Waals surface area (Å²) >= 11 is 7.06. The van der Waals surface area contributed by atoms with Crippen LogP contribution in [0.2, 0.25) is 0 Å². The molecular weight excluding hydrogens is 296 g/mol. The lowest BCUT2D eigenvalue weighted by Gasteiger charge is -2.34. The Bertz CT molecular complexity index is 262. The maximum absolute atomic E-state index is 12.1. The zero-order valence-electron chi connectivity index (χ0n) is 7.94. The minimum Gasteiger partial charge on any atom is -0.298 e. The third-order valence-corrected chi connectivity index (χ3v) is 6.36. The lowest BCUT2D eigenvalue weighted by atomic mass is 9.70. The van der Waals surface area contributed by atoms with E-state index in [1.165, 1.54) is 6.42 Å². The zero-order chi connectivity index (χ0) is 9.85. The molecule has 0 amide bonds. The van der Waals surface area contributed by atoms with Gasteiger partial charge in [0.25, 0.3) is 0 Å². The van der Waals surface area contributed by atoms with Crippen molar-refractivity contribution in [1.29, 1.82) is 0 Å². The number of alkyl halides is 2. The molecule has 2 fully saturated rings. The average molecular weight is 310 g/mol. The Balaban J connectivity index is 2.50. The van der Waals surface area contributed by atoms with E-state index < -0.39 is 0 Å². The lowest BCUT2D eigenvalue weighted by Crippen LogP contribution is -2.38. The van der Waals surface area contributed by atoms with Gasteiger partial charge in [0.2, 0.25) is 0 Å². The van der Waals surface area contributed by atoms with E-state index in [9.17, 15) is 4.79 Å². The van der Waals surface area contributed by atoms with Crippen molar-refractivity contribution in [3.63, 3.8) is 0 Å². The van der Waals surface area contributed by atoms with Crippen LogP contribution in [0.15, 0.2) is 0 Å². The summed E-state index contributed by atoms with van der Waals surface area (Å²) in [6, 6.07) is 0. The van der Waals surface area contributed by atoms with Crippen LogP contribution in [0.4, 0.5) is 0 Å². The van der Waals surface area contributed by atoms with Gasteiger partial charge >= 0.3 is 0 Å². The van der Waals surface area contributed by atoms with Crippen LogP contribution in [-0.2, 0) is 4.79 Å². The van der Waals surface area contributed by atoms with Gasteiger partial charge < -0.3 is 0 Å². The van der Waals surface area contributed by atoms with E-state index in [2.05, 4.69) is 45.7 Å². The molecule has 2 saturated carbocycles. The van der Waals surface area contributed by atoms with E-state index in [1.54, 1.807) is 0 Å². The van der Waals surface area contributed by atoms with Gasteiger partial charge in [-0.25, -0.2) is 0 Å². The lowest BCUT2D eigenvalue weighted by molar-refractivity contribution is -0.127. The Labute approximate surface area is 95.9 Å². The van der Waals surface area contributed by atoms with Crippen molar-refractivity contribution in [1.82, 2.24) is 0 Å². The smallest absolute Gasteiger partial charge is 0.154 e. The molecular formula is C10H14Br2O. The summed E-state index contributed by atoms with van der Waals surface area (Å²) in [5.41, 5.74) is 0.0770. The number of rotatable bonds is 1. The molecule has 0 aromatic rings. The van der Waals surface area contributed by atoms with Crippen LogP contribution in [0.5, 0.6) is 0 Å². The molecule has 2 aliphatic rings. The van der Waals surface area contributed by atoms with Crippen molar-refractivity contribution in [3.8, 4) is 0 Å². The number of carbonyl (C=O) groups excluding carboxylic acids is 1. The van der Waals surface area contributed by atoms with Crippen LogP contribution >= 0.6 is 31.9 Å². The first kappa shape index (κ1) is 10.2. The maximum atomic E-state index is 12.1. The summed E-state index contributed by atoms with van der Waals surface area (Å²) < 4.78 is 0. The standard InChI is InChI=1S/C10H14Br2O/c1-9(2)6-3-4-10(9,5-11)8(13)7(6)12/h6-7H,3-5H2,1-2H3/t6-,7-,10+/m1/s1. The fourth-order valence-corrected chi connectivity index (χ4v) is 5.79. The van der Waals surface area contributed by atoms with Gasteiger partial charge in [-0.15, -0.1) is 0 Å². The summed E-state index contributed by atoms with van der Waals surface area (Å²) in [4.78, 5) is 12.2. The Morgan fingerprint density at radius 2 is 2.15 bits per heavy atom. The van der Waals surface area contributed by atoms with Gasteiger partial charge in [-0.05, 0) is 24.2 Å². The fraction of sp³-hybridized carbons (Fsp3) is 0.900. The number of fused-ring (bicyclic) bond motifs is 2. The molecule has 0 N–H and O–H groups in total. The minimum atomic E-state index is -0.0914. The highest BCUT2D eigenvalue weighted by Crippen LogP contribution is 2.65. The molecule has 3 heteroatoms. The molecule has 0 radical (unpaired) electrons. The van der Waals surface area contributed by atoms with Gasteiger partial charge in [-0.3, -0.25) is 4.79 Å². The Morgan fingerprint density at radius 3 is 2.46 bits per heavy atom. The quantitative estimate of drug-likeness (QED) is 0.680. The van der Waals surface area contributed by atoms with Crippen molar-refractivity contribution in [2.45, 2.75) is 31.5 Å². The highest BCUT2D eigenvalue weighted by Gasteiger charge is 2.67. The van der Waals surface area contributed by atoms with Crippen LogP contribution in [0.3, 0.4) is 0 Å². The molecule has 2 aliphatic carbocycles. The number of Topliss-reactive ketones (excluding diaryl/α,β-unsaturated/α-hetero) is 1. The summed E-state index contributed by atoms with van der Waals surface area (Å²) in [5, 5.41) is 0.824. The van der Waals surface area contributed by atoms with E-state index in [0.29, 0.717) is 11.7 Å². The van der Waals surface area contributed by atoms with Crippen LogP contribution in [-0.4, -0.2) is 15.9 Å². The predicted molar refractivity (Wildman–Crippen MR) is 60.5 cm³/mol. The van der Waals surface area contributed by atoms with E-state index in [-0.39, 0.29) is 15.7 Å². The Kier molecular flexibility index (Phi) is 2.20. The highest BCUT2D eigenvalue weighted by molar-refractivity contribution is 9.10. The molecule has 74 valence electrons. The summed E-state index contributed by atoms with van der Waals surface area (Å²) in [7, 11) is 0. The largest absolute Gasteiger partial charge is 0.298 e. The molecule has 2 bridgehead atoms. The molecule has 0 heterocycles. The van der Waals surface area contributed by atoms with Crippen molar-refractivity contribution < 1.29 is 4.79 Å². The molecule has 0 unspecified atom stereocenters. The van der Waals surface area contributed by atoms with Crippen LogP contribution in [0.1, 0.15) is 26.7 Å². The second-order valence-electron chi connectivity index (χ2n) is 4.85. The van der Waals surface area contributed by atoms with Crippen LogP contribution in [0.25, 0.3) is 0 Å². The highest BCUT2D eigenvalue weighted by atomic mass is 79.9. The van der Waals surface area contributed by atoms with Crippen molar-refractivity contribution in [2.24, 2.45) is 16.7 Å². The van der Waals surface area contributed by atoms with E-state index in [0.717, 1.165) is 11.8 Å². The first-order chi connectivity index (χ1) is 5.97. The first-order valence-electron chi connectivity index (χ1n) is 4.72. The third kappa shape index (κ3) is 0.956. The summed E-state index contributed by atoms with van der Waals surface area (Å²) in [6.45, 7) is 4.48. The maximum Gasteiger partial charge on any atom is 0.154 e. The number of hydrogen-bond donors (Lipinski definition) is 0. The van der Waals surface area contributed by atoms with E-state index in [4.69, 9.17) is 0 Å². The normalized spacial score (nSPS) is 47.2. The second-order valence-corrected chi connectivity index (χ2v) is 6.40. The number of hydrogen-bond acceptors (Lipinski definition) is 1. The molecule has 0 spiro atoms. The SMILES string of the molecule is CC1(C)[C@@H]2CC[C@]1(CBr)C(=O)[C@@H]2Br. The zero-order valence-corrected chi connectivity index (χ0v) is 11.1. The van der Waals surface area contributed by atoms with E-state index >= 15 is 0 Å². The number of ketones is 1. The van der Waals surface area contributed by atoms with Crippen molar-refractivity contribution in [3.05, 3.63) is 0 Å². The molecule has 2 rings (SSSR count). The van der Waals surface area contributed by atoms with Gasteiger partial charge in [-0.2, -0.15) is 0 Å². The summed E-state index contributed by atoms with van der Waals surface area (Å²) in [6.07, 6.45) is 2.26. The number of halogens is 2. The molecule has 0 aliphatic heterocycles. The molecule has 0 aromatic heterocycles.